The first-order valence-electron chi connectivity index (χ1n) is 5.08. The lowest BCUT2D eigenvalue weighted by molar-refractivity contribution is 0.855. The van der Waals surface area contributed by atoms with Gasteiger partial charge in [0.25, 0.3) is 0 Å². The summed E-state index contributed by atoms with van der Waals surface area (Å²) >= 11 is 0. The first kappa shape index (κ1) is 9.03. The van der Waals surface area contributed by atoms with Gasteiger partial charge in [-0.3, -0.25) is 4.98 Å². The third kappa shape index (κ3) is 1.27. The maximum Gasteiger partial charge on any atom is 0.0901 e. The minimum Gasteiger partial charge on any atom is -0.264 e. The average molecular weight is 210 g/mol. The number of rotatable bonds is 1. The Morgan fingerprint density at radius 1 is 1.12 bits per heavy atom. The molecule has 0 aliphatic carbocycles. The molecule has 0 N–H and O–H groups in total. The van der Waals surface area contributed by atoms with Crippen LogP contribution in [0.2, 0.25) is 0 Å². The fraction of sp³-hybridized carbons (Fsp3) is 0.0833. The van der Waals surface area contributed by atoms with Crippen molar-refractivity contribution in [3.8, 4) is 11.3 Å². The summed E-state index contributed by atoms with van der Waals surface area (Å²) in [7, 11) is 0. The molecule has 0 aromatic carbocycles. The number of fused-ring (bicyclic) bond motifs is 1. The number of nitrogens with zero attached hydrogens (tertiary/aromatic N) is 4. The van der Waals surface area contributed by atoms with Gasteiger partial charge in [-0.1, -0.05) is 11.3 Å². The van der Waals surface area contributed by atoms with Crippen LogP contribution in [0.5, 0.6) is 0 Å². The van der Waals surface area contributed by atoms with Crippen LogP contribution in [0, 0.1) is 6.92 Å². The molecule has 0 fully saturated rings. The quantitative estimate of drug-likeness (QED) is 0.617. The molecule has 0 spiro atoms. The second-order valence-corrected chi connectivity index (χ2v) is 3.62. The van der Waals surface area contributed by atoms with Gasteiger partial charge in [-0.15, -0.1) is 5.10 Å². The Morgan fingerprint density at radius 3 is 2.88 bits per heavy atom. The fourth-order valence-corrected chi connectivity index (χ4v) is 1.77. The van der Waals surface area contributed by atoms with Crippen LogP contribution >= 0.6 is 0 Å². The van der Waals surface area contributed by atoms with Crippen molar-refractivity contribution in [2.24, 2.45) is 0 Å². The molecule has 3 rings (SSSR count). The van der Waals surface area contributed by atoms with Crippen molar-refractivity contribution in [1.29, 1.82) is 0 Å². The molecule has 0 aliphatic rings. The first-order chi connectivity index (χ1) is 7.86. The van der Waals surface area contributed by atoms with Crippen molar-refractivity contribution in [3.63, 3.8) is 0 Å². The van der Waals surface area contributed by atoms with Crippen LogP contribution in [0.25, 0.3) is 16.8 Å². The van der Waals surface area contributed by atoms with Gasteiger partial charge in [0.15, 0.2) is 0 Å². The third-order valence-electron chi connectivity index (χ3n) is 2.58. The zero-order chi connectivity index (χ0) is 11.0. The van der Waals surface area contributed by atoms with Crippen LogP contribution in [0.3, 0.4) is 0 Å². The van der Waals surface area contributed by atoms with Gasteiger partial charge in [-0.05, 0) is 31.2 Å². The predicted octanol–water partition coefficient (Wildman–Crippen LogP) is 2.10. The zero-order valence-electron chi connectivity index (χ0n) is 8.83. The summed E-state index contributed by atoms with van der Waals surface area (Å²) in [4.78, 5) is 4.11. The Balaban J connectivity index is 2.32. The van der Waals surface area contributed by atoms with E-state index in [4.69, 9.17) is 0 Å². The molecule has 3 aromatic heterocycles. The highest BCUT2D eigenvalue weighted by Gasteiger charge is 2.06. The van der Waals surface area contributed by atoms with E-state index < -0.39 is 0 Å². The van der Waals surface area contributed by atoms with E-state index in [0.29, 0.717) is 0 Å². The summed E-state index contributed by atoms with van der Waals surface area (Å²) < 4.78 is 1.84. The Labute approximate surface area is 92.6 Å². The van der Waals surface area contributed by atoms with Gasteiger partial charge in [-0.25, -0.2) is 4.52 Å². The van der Waals surface area contributed by atoms with Gasteiger partial charge >= 0.3 is 0 Å². The summed E-state index contributed by atoms with van der Waals surface area (Å²) in [5.41, 5.74) is 4.01. The summed E-state index contributed by atoms with van der Waals surface area (Å²) in [6, 6.07) is 9.96. The van der Waals surface area contributed by atoms with E-state index >= 15 is 0 Å². The molecule has 16 heavy (non-hydrogen) atoms. The highest BCUT2D eigenvalue weighted by molar-refractivity contribution is 5.64. The molecule has 3 aromatic rings. The summed E-state index contributed by atoms with van der Waals surface area (Å²) in [6.07, 6.45) is 3.59. The molecule has 0 radical (unpaired) electrons. The zero-order valence-corrected chi connectivity index (χ0v) is 8.83. The van der Waals surface area contributed by atoms with Crippen molar-refractivity contribution in [2.75, 3.05) is 0 Å². The maximum atomic E-state index is 4.13. The second kappa shape index (κ2) is 3.41. The van der Waals surface area contributed by atoms with Crippen molar-refractivity contribution >= 4 is 5.52 Å². The van der Waals surface area contributed by atoms with Crippen molar-refractivity contribution in [3.05, 3.63) is 48.4 Å². The summed E-state index contributed by atoms with van der Waals surface area (Å²) in [5.74, 6) is 0. The minimum absolute atomic E-state index is 0.936. The highest BCUT2D eigenvalue weighted by Crippen LogP contribution is 2.19. The van der Waals surface area contributed by atoms with Gasteiger partial charge in [0.2, 0.25) is 0 Å². The van der Waals surface area contributed by atoms with E-state index in [-0.39, 0.29) is 0 Å². The number of aryl methyl sites for hydroxylation is 1. The van der Waals surface area contributed by atoms with Crippen molar-refractivity contribution in [2.45, 2.75) is 6.92 Å². The lowest BCUT2D eigenvalue weighted by Gasteiger charge is -2.02. The molecule has 0 aliphatic heterocycles. The van der Waals surface area contributed by atoms with Crippen LogP contribution in [-0.4, -0.2) is 19.8 Å². The SMILES string of the molecule is Cc1nnn2c(-c3cccnc3)cccc12. The second-order valence-electron chi connectivity index (χ2n) is 3.62. The van der Waals surface area contributed by atoms with E-state index in [2.05, 4.69) is 15.3 Å². The number of aromatic nitrogens is 4. The number of hydrogen-bond acceptors (Lipinski definition) is 3. The lowest BCUT2D eigenvalue weighted by Crippen LogP contribution is -1.93. The van der Waals surface area contributed by atoms with E-state index in [1.807, 2.05) is 48.0 Å². The average Bonchev–Trinajstić information content (AvgIpc) is 2.73. The molecule has 0 saturated heterocycles. The molecule has 4 nitrogen and oxygen atoms in total. The molecular formula is C12H10N4. The molecule has 78 valence electrons. The van der Waals surface area contributed by atoms with Gasteiger partial charge in [0.05, 0.1) is 16.9 Å². The predicted molar refractivity (Wildman–Crippen MR) is 61.0 cm³/mol. The highest BCUT2D eigenvalue weighted by atomic mass is 15.4. The van der Waals surface area contributed by atoms with Crippen molar-refractivity contribution in [1.82, 2.24) is 19.8 Å². The molecule has 4 heteroatoms. The largest absolute Gasteiger partial charge is 0.264 e. The van der Waals surface area contributed by atoms with E-state index in [1.54, 1.807) is 6.20 Å². The normalized spacial score (nSPS) is 10.8. The molecule has 0 atom stereocenters. The minimum atomic E-state index is 0.936. The van der Waals surface area contributed by atoms with Gasteiger partial charge in [0.1, 0.15) is 0 Å². The third-order valence-corrected chi connectivity index (χ3v) is 2.58. The standard InChI is InChI=1S/C12H10N4/c1-9-11-5-2-6-12(16(11)15-14-9)10-4-3-7-13-8-10/h2-8H,1H3. The van der Waals surface area contributed by atoms with Crippen LogP contribution in [-0.2, 0) is 0 Å². The smallest absolute Gasteiger partial charge is 0.0901 e. The molecular weight excluding hydrogens is 200 g/mol. The Kier molecular flexibility index (Phi) is 1.93. The van der Waals surface area contributed by atoms with E-state index in [1.165, 1.54) is 0 Å². The molecule has 0 amide bonds. The molecule has 0 saturated carbocycles. The topological polar surface area (TPSA) is 43.1 Å². The molecule has 3 heterocycles. The lowest BCUT2D eigenvalue weighted by atomic mass is 10.2. The summed E-state index contributed by atoms with van der Waals surface area (Å²) in [5, 5.41) is 8.21. The maximum absolute atomic E-state index is 4.13. The van der Waals surface area contributed by atoms with Crippen LogP contribution < -0.4 is 0 Å². The Hall–Kier alpha value is -2.23. The van der Waals surface area contributed by atoms with Crippen LogP contribution in [0.15, 0.2) is 42.7 Å². The molecule has 0 unspecified atom stereocenters. The van der Waals surface area contributed by atoms with Crippen molar-refractivity contribution < 1.29 is 0 Å². The first-order valence-corrected chi connectivity index (χ1v) is 5.08. The fourth-order valence-electron chi connectivity index (χ4n) is 1.77. The summed E-state index contributed by atoms with van der Waals surface area (Å²) in [6.45, 7) is 1.95. The van der Waals surface area contributed by atoms with E-state index in [9.17, 15) is 0 Å². The van der Waals surface area contributed by atoms with Gasteiger partial charge in [-0.2, -0.15) is 0 Å². The van der Waals surface area contributed by atoms with Gasteiger partial charge < -0.3 is 0 Å². The Bertz CT molecular complexity index is 628. The monoisotopic (exact) mass is 210 g/mol. The number of pyridine rings is 2. The molecule has 0 bridgehead atoms. The van der Waals surface area contributed by atoms with Gasteiger partial charge in [0, 0.05) is 18.0 Å². The van der Waals surface area contributed by atoms with E-state index in [0.717, 1.165) is 22.5 Å². The Morgan fingerprint density at radius 2 is 2.06 bits per heavy atom. The van der Waals surface area contributed by atoms with Crippen LogP contribution in [0.4, 0.5) is 0 Å². The number of hydrogen-bond donors (Lipinski definition) is 0. The van der Waals surface area contributed by atoms with Crippen LogP contribution in [0.1, 0.15) is 5.69 Å².